The van der Waals surface area contributed by atoms with Crippen molar-refractivity contribution in [3.63, 3.8) is 0 Å². The van der Waals surface area contributed by atoms with E-state index in [1.54, 1.807) is 0 Å². The molecule has 0 spiro atoms. The molecule has 1 amide bonds. The highest BCUT2D eigenvalue weighted by molar-refractivity contribution is 5.78. The first-order chi connectivity index (χ1) is 13.2. The first-order valence-corrected chi connectivity index (χ1v) is 9.55. The highest BCUT2D eigenvalue weighted by atomic mass is 16.5. The summed E-state index contributed by atoms with van der Waals surface area (Å²) in [5, 5.41) is 7.24. The molecular weight excluding hydrogens is 344 g/mol. The van der Waals surface area contributed by atoms with Crippen LogP contribution in [-0.2, 0) is 11.3 Å². The number of aromatic nitrogens is 1. The van der Waals surface area contributed by atoms with Crippen molar-refractivity contribution >= 4 is 5.91 Å². The van der Waals surface area contributed by atoms with Gasteiger partial charge in [0.05, 0.1) is 24.9 Å². The van der Waals surface area contributed by atoms with E-state index in [2.05, 4.69) is 20.3 Å². The Morgan fingerprint density at radius 3 is 2.78 bits per heavy atom. The van der Waals surface area contributed by atoms with Crippen LogP contribution in [0.5, 0.6) is 5.75 Å². The molecule has 1 unspecified atom stereocenters. The minimum absolute atomic E-state index is 0.0409. The van der Waals surface area contributed by atoms with Crippen LogP contribution in [0, 0.1) is 6.92 Å². The molecule has 27 heavy (non-hydrogen) atoms. The van der Waals surface area contributed by atoms with Gasteiger partial charge in [-0.3, -0.25) is 14.6 Å². The zero-order chi connectivity index (χ0) is 18.6. The minimum atomic E-state index is 0.0409. The number of hydrogen-bond acceptors (Lipinski definition) is 6. The monoisotopic (exact) mass is 370 g/mol. The van der Waals surface area contributed by atoms with E-state index in [0.717, 1.165) is 61.9 Å². The molecule has 1 fully saturated rings. The summed E-state index contributed by atoms with van der Waals surface area (Å²) in [4.78, 5) is 17.1. The van der Waals surface area contributed by atoms with Gasteiger partial charge in [-0.1, -0.05) is 23.4 Å². The number of para-hydroxylation sites is 1. The predicted octanol–water partition coefficient (Wildman–Crippen LogP) is 1.74. The maximum Gasteiger partial charge on any atom is 0.234 e. The first-order valence-electron chi connectivity index (χ1n) is 9.55. The summed E-state index contributed by atoms with van der Waals surface area (Å²) in [5.74, 6) is 1.80. The molecule has 7 nitrogen and oxygen atoms in total. The van der Waals surface area contributed by atoms with Gasteiger partial charge < -0.3 is 14.6 Å². The number of amides is 1. The zero-order valence-electron chi connectivity index (χ0n) is 15.7. The van der Waals surface area contributed by atoms with Crippen LogP contribution in [0.3, 0.4) is 0 Å². The van der Waals surface area contributed by atoms with Gasteiger partial charge in [-0.2, -0.15) is 0 Å². The molecule has 7 heteroatoms. The van der Waals surface area contributed by atoms with Gasteiger partial charge in [-0.05, 0) is 13.0 Å². The second-order valence-corrected chi connectivity index (χ2v) is 7.28. The quantitative estimate of drug-likeness (QED) is 0.865. The van der Waals surface area contributed by atoms with Crippen LogP contribution >= 0.6 is 0 Å². The molecule has 3 heterocycles. The Morgan fingerprint density at radius 1 is 1.22 bits per heavy atom. The number of hydrogen-bond donors (Lipinski definition) is 1. The summed E-state index contributed by atoms with van der Waals surface area (Å²) in [7, 11) is 0. The van der Waals surface area contributed by atoms with Gasteiger partial charge in [0, 0.05) is 50.8 Å². The molecule has 1 N–H and O–H groups in total. The van der Waals surface area contributed by atoms with Crippen LogP contribution in [0.4, 0.5) is 0 Å². The van der Waals surface area contributed by atoms with E-state index in [0.29, 0.717) is 13.2 Å². The molecule has 0 saturated carbocycles. The fraction of sp³-hybridized carbons (Fsp3) is 0.500. The van der Waals surface area contributed by atoms with Crippen molar-refractivity contribution in [3.05, 3.63) is 47.3 Å². The molecule has 2 aliphatic heterocycles. The summed E-state index contributed by atoms with van der Waals surface area (Å²) in [5.41, 5.74) is 2.04. The van der Waals surface area contributed by atoms with Gasteiger partial charge in [0.2, 0.25) is 5.91 Å². The van der Waals surface area contributed by atoms with E-state index in [9.17, 15) is 4.79 Å². The molecule has 2 aromatic rings. The molecule has 0 radical (unpaired) electrons. The van der Waals surface area contributed by atoms with Gasteiger partial charge in [-0.25, -0.2) is 0 Å². The van der Waals surface area contributed by atoms with Crippen molar-refractivity contribution < 1.29 is 14.1 Å². The Morgan fingerprint density at radius 2 is 2.00 bits per heavy atom. The van der Waals surface area contributed by atoms with Gasteiger partial charge in [-0.15, -0.1) is 0 Å². The molecule has 2 aliphatic rings. The molecule has 4 rings (SSSR count). The smallest absolute Gasteiger partial charge is 0.234 e. The number of nitrogens with one attached hydrogen (secondary N) is 1. The predicted molar refractivity (Wildman–Crippen MR) is 100 cm³/mol. The zero-order valence-corrected chi connectivity index (χ0v) is 15.7. The normalized spacial score (nSPS) is 20.7. The number of benzene rings is 1. The Labute approximate surface area is 159 Å². The van der Waals surface area contributed by atoms with E-state index < -0.39 is 0 Å². The number of nitrogens with zero attached hydrogens (tertiary/aromatic N) is 3. The lowest BCUT2D eigenvalue weighted by atomic mass is 10.0. The lowest BCUT2D eigenvalue weighted by Crippen LogP contribution is -2.49. The topological polar surface area (TPSA) is 70.8 Å². The van der Waals surface area contributed by atoms with Crippen molar-refractivity contribution in [2.24, 2.45) is 0 Å². The second-order valence-electron chi connectivity index (χ2n) is 7.28. The highest BCUT2D eigenvalue weighted by Crippen LogP contribution is 2.31. The van der Waals surface area contributed by atoms with E-state index in [1.165, 1.54) is 0 Å². The molecule has 0 bridgehead atoms. The third kappa shape index (κ3) is 4.48. The standard InChI is InChI=1S/C20H26N4O3/c1-15-12-16(22-27-15)13-23-7-9-24(10-8-23)14-20(25)21-18-6-11-26-19-5-3-2-4-17(18)19/h2-5,12,18H,6-11,13-14H2,1H3,(H,21,25). The molecule has 144 valence electrons. The summed E-state index contributed by atoms with van der Waals surface area (Å²) in [6, 6.07) is 9.96. The number of piperazine rings is 1. The Bertz CT molecular complexity index is 783. The Hall–Kier alpha value is -2.38. The number of ether oxygens (including phenoxy) is 1. The number of carbonyl (C=O) groups excluding carboxylic acids is 1. The largest absolute Gasteiger partial charge is 0.493 e. The van der Waals surface area contributed by atoms with Crippen LogP contribution in [0.2, 0.25) is 0 Å². The average molecular weight is 370 g/mol. The minimum Gasteiger partial charge on any atom is -0.493 e. The number of fused-ring (bicyclic) bond motifs is 1. The Kier molecular flexibility index (Phi) is 5.40. The van der Waals surface area contributed by atoms with Crippen molar-refractivity contribution in [1.29, 1.82) is 0 Å². The molecular formula is C20H26N4O3. The number of rotatable bonds is 5. The van der Waals surface area contributed by atoms with E-state index >= 15 is 0 Å². The van der Waals surface area contributed by atoms with Crippen molar-refractivity contribution in [2.45, 2.75) is 25.9 Å². The third-order valence-electron chi connectivity index (χ3n) is 5.19. The van der Waals surface area contributed by atoms with Crippen molar-refractivity contribution in [3.8, 4) is 5.75 Å². The van der Waals surface area contributed by atoms with Crippen molar-refractivity contribution in [2.75, 3.05) is 39.3 Å². The lowest BCUT2D eigenvalue weighted by Gasteiger charge is -2.34. The van der Waals surface area contributed by atoms with Gasteiger partial charge in [0.15, 0.2) is 0 Å². The van der Waals surface area contributed by atoms with Crippen LogP contribution < -0.4 is 10.1 Å². The van der Waals surface area contributed by atoms with Crippen LogP contribution in [0.1, 0.15) is 29.5 Å². The molecule has 1 atom stereocenters. The molecule has 0 aliphatic carbocycles. The summed E-state index contributed by atoms with van der Waals surface area (Å²) in [6.45, 7) is 7.42. The van der Waals surface area contributed by atoms with Gasteiger partial charge >= 0.3 is 0 Å². The van der Waals surface area contributed by atoms with Gasteiger partial charge in [0.25, 0.3) is 0 Å². The average Bonchev–Trinajstić information content (AvgIpc) is 3.08. The van der Waals surface area contributed by atoms with E-state index in [1.807, 2.05) is 37.3 Å². The van der Waals surface area contributed by atoms with E-state index in [4.69, 9.17) is 9.26 Å². The fourth-order valence-electron chi connectivity index (χ4n) is 3.76. The number of aryl methyl sites for hydroxylation is 1. The maximum atomic E-state index is 12.5. The second kappa shape index (κ2) is 8.10. The molecule has 1 aromatic carbocycles. The number of carbonyl (C=O) groups is 1. The highest BCUT2D eigenvalue weighted by Gasteiger charge is 2.24. The molecule has 1 aromatic heterocycles. The maximum absolute atomic E-state index is 12.5. The summed E-state index contributed by atoms with van der Waals surface area (Å²) >= 11 is 0. The third-order valence-corrected chi connectivity index (χ3v) is 5.19. The summed E-state index contributed by atoms with van der Waals surface area (Å²) < 4.78 is 10.8. The Balaban J connectivity index is 1.24. The lowest BCUT2D eigenvalue weighted by molar-refractivity contribution is -0.123. The first kappa shape index (κ1) is 18.0. The van der Waals surface area contributed by atoms with Crippen LogP contribution in [0.15, 0.2) is 34.9 Å². The van der Waals surface area contributed by atoms with Crippen molar-refractivity contribution in [1.82, 2.24) is 20.3 Å². The fourth-order valence-corrected chi connectivity index (χ4v) is 3.76. The van der Waals surface area contributed by atoms with Crippen LogP contribution in [-0.4, -0.2) is 60.2 Å². The van der Waals surface area contributed by atoms with Crippen LogP contribution in [0.25, 0.3) is 0 Å². The summed E-state index contributed by atoms with van der Waals surface area (Å²) in [6.07, 6.45) is 0.813. The molecule has 1 saturated heterocycles. The van der Waals surface area contributed by atoms with Gasteiger partial charge in [0.1, 0.15) is 11.5 Å². The SMILES string of the molecule is Cc1cc(CN2CCN(CC(=O)NC3CCOc4ccccc43)CC2)no1. The van der Waals surface area contributed by atoms with E-state index in [-0.39, 0.29) is 11.9 Å².